The molecular formula is C48H38N2S. The van der Waals surface area contributed by atoms with Gasteiger partial charge in [0.05, 0.1) is 22.1 Å². The van der Waals surface area contributed by atoms with Crippen LogP contribution in [0, 0.1) is 0 Å². The third-order valence-corrected chi connectivity index (χ3v) is 13.3. The third-order valence-electron chi connectivity index (χ3n) is 12.2. The van der Waals surface area contributed by atoms with Crippen molar-refractivity contribution in [1.29, 1.82) is 0 Å². The van der Waals surface area contributed by atoms with Crippen LogP contribution in [0.15, 0.2) is 133 Å². The van der Waals surface area contributed by atoms with Gasteiger partial charge in [0.2, 0.25) is 0 Å². The van der Waals surface area contributed by atoms with Crippen LogP contribution in [-0.4, -0.2) is 9.13 Å². The highest BCUT2D eigenvalue weighted by Crippen LogP contribution is 2.51. The second-order valence-electron chi connectivity index (χ2n) is 16.0. The van der Waals surface area contributed by atoms with E-state index in [9.17, 15) is 0 Å². The molecule has 3 aromatic heterocycles. The van der Waals surface area contributed by atoms with Crippen LogP contribution in [0.2, 0.25) is 0 Å². The molecule has 1 aliphatic rings. The Hall–Kier alpha value is -5.38. The van der Waals surface area contributed by atoms with E-state index in [0.29, 0.717) is 0 Å². The van der Waals surface area contributed by atoms with Crippen molar-refractivity contribution in [3.8, 4) is 11.4 Å². The van der Waals surface area contributed by atoms with Gasteiger partial charge in [-0.05, 0) is 106 Å². The molecule has 0 N–H and O–H groups in total. The average molecular weight is 675 g/mol. The minimum atomic E-state index is 0.106. The molecule has 0 saturated heterocycles. The highest BCUT2D eigenvalue weighted by atomic mass is 32.1. The second kappa shape index (κ2) is 10.1. The fourth-order valence-electron chi connectivity index (χ4n) is 9.42. The first-order chi connectivity index (χ1) is 24.8. The number of para-hydroxylation sites is 1. The summed E-state index contributed by atoms with van der Waals surface area (Å²) in [5, 5.41) is 10.6. The van der Waals surface area contributed by atoms with Gasteiger partial charge < -0.3 is 9.13 Å². The molecule has 0 saturated carbocycles. The molecule has 0 spiro atoms. The molecule has 0 bridgehead atoms. The van der Waals surface area contributed by atoms with Crippen molar-refractivity contribution in [3.63, 3.8) is 0 Å². The van der Waals surface area contributed by atoms with Gasteiger partial charge in [-0.2, -0.15) is 0 Å². The van der Waals surface area contributed by atoms with Gasteiger partial charge in [-0.25, -0.2) is 0 Å². The predicted molar refractivity (Wildman–Crippen MR) is 221 cm³/mol. The van der Waals surface area contributed by atoms with Crippen LogP contribution < -0.4 is 0 Å². The van der Waals surface area contributed by atoms with Crippen LogP contribution in [0.25, 0.3) is 85.9 Å². The lowest BCUT2D eigenvalue weighted by molar-refractivity contribution is 0.332. The lowest BCUT2D eigenvalue weighted by Gasteiger charge is -2.42. The first kappa shape index (κ1) is 29.4. The van der Waals surface area contributed by atoms with Crippen LogP contribution in [0.5, 0.6) is 0 Å². The van der Waals surface area contributed by atoms with Crippen LogP contribution in [0.4, 0.5) is 0 Å². The molecule has 0 aliphatic heterocycles. The van der Waals surface area contributed by atoms with E-state index in [1.807, 2.05) is 11.3 Å². The first-order valence-electron chi connectivity index (χ1n) is 18.2. The topological polar surface area (TPSA) is 9.86 Å². The van der Waals surface area contributed by atoms with E-state index in [0.717, 1.165) is 0 Å². The summed E-state index contributed by atoms with van der Waals surface area (Å²) in [6, 6.07) is 50.3. The molecule has 11 rings (SSSR count). The minimum Gasteiger partial charge on any atom is -0.309 e. The molecule has 0 amide bonds. The average Bonchev–Trinajstić information content (AvgIpc) is 3.80. The second-order valence-corrected chi connectivity index (χ2v) is 17.1. The minimum absolute atomic E-state index is 0.106. The summed E-state index contributed by atoms with van der Waals surface area (Å²) in [4.78, 5) is 0. The molecule has 0 fully saturated rings. The SMILES string of the molecule is CC1(C)CCC(C)(C)c2cc3c(cc21)c1c2c4c5ccccc5ccc4n(-c4ccc5c(c4)sc4ccccc45)c2ccc1n3-c1ccccc1. The first-order valence-corrected chi connectivity index (χ1v) is 19.1. The molecule has 3 heterocycles. The Kier molecular flexibility index (Phi) is 5.82. The number of hydrogen-bond donors (Lipinski definition) is 0. The normalized spacial score (nSPS) is 15.6. The number of fused-ring (bicyclic) bond motifs is 13. The highest BCUT2D eigenvalue weighted by Gasteiger charge is 2.38. The molecule has 3 heteroatoms. The van der Waals surface area contributed by atoms with E-state index in [1.54, 1.807) is 0 Å². The molecule has 7 aromatic carbocycles. The zero-order chi connectivity index (χ0) is 34.2. The van der Waals surface area contributed by atoms with Crippen LogP contribution in [-0.2, 0) is 10.8 Å². The number of benzene rings is 7. The molecule has 246 valence electrons. The number of thiophene rings is 1. The summed E-state index contributed by atoms with van der Waals surface area (Å²) in [5.74, 6) is 0. The largest absolute Gasteiger partial charge is 0.309 e. The molecule has 10 aromatic rings. The van der Waals surface area contributed by atoms with E-state index >= 15 is 0 Å². The Bertz CT molecular complexity index is 3080. The van der Waals surface area contributed by atoms with Gasteiger partial charge in [-0.3, -0.25) is 0 Å². The van der Waals surface area contributed by atoms with Gasteiger partial charge in [0.25, 0.3) is 0 Å². The maximum atomic E-state index is 2.59. The Morgan fingerprint density at radius 2 is 1.02 bits per heavy atom. The fourth-order valence-corrected chi connectivity index (χ4v) is 10.6. The van der Waals surface area contributed by atoms with E-state index in [-0.39, 0.29) is 10.8 Å². The Balaban J connectivity index is 1.35. The van der Waals surface area contributed by atoms with Crippen LogP contribution in [0.3, 0.4) is 0 Å². The van der Waals surface area contributed by atoms with Crippen molar-refractivity contribution in [2.24, 2.45) is 0 Å². The van der Waals surface area contributed by atoms with Gasteiger partial charge >= 0.3 is 0 Å². The number of rotatable bonds is 2. The van der Waals surface area contributed by atoms with Gasteiger partial charge in [0, 0.05) is 53.1 Å². The summed E-state index contributed by atoms with van der Waals surface area (Å²) < 4.78 is 7.71. The van der Waals surface area contributed by atoms with Gasteiger partial charge in [-0.1, -0.05) is 100 Å². The Morgan fingerprint density at radius 3 is 1.80 bits per heavy atom. The lowest BCUT2D eigenvalue weighted by atomic mass is 9.63. The van der Waals surface area contributed by atoms with Crippen molar-refractivity contribution in [2.45, 2.75) is 51.4 Å². The van der Waals surface area contributed by atoms with Crippen molar-refractivity contribution >= 4 is 85.9 Å². The Morgan fingerprint density at radius 1 is 0.431 bits per heavy atom. The quantitative estimate of drug-likeness (QED) is 0.173. The van der Waals surface area contributed by atoms with E-state index < -0.39 is 0 Å². The Labute approximate surface area is 301 Å². The smallest absolute Gasteiger partial charge is 0.0549 e. The number of aromatic nitrogens is 2. The van der Waals surface area contributed by atoms with Crippen molar-refractivity contribution in [1.82, 2.24) is 9.13 Å². The standard InChI is InChI=1S/C48H38N2S/c1-47(2)24-25-48(3,4)37-28-41-35(27-36(37)47)45-39(49(41)30-13-6-5-7-14-30)22-23-40-46(45)44-32-15-9-8-12-29(32)18-21-38(44)50(40)31-19-20-34-33-16-10-11-17-42(33)51-43(34)26-31/h5-23,26-28H,24-25H2,1-4H3. The molecule has 0 radical (unpaired) electrons. The maximum absolute atomic E-state index is 2.59. The molecule has 0 unspecified atom stereocenters. The zero-order valence-electron chi connectivity index (χ0n) is 29.4. The molecule has 0 atom stereocenters. The molecule has 1 aliphatic carbocycles. The van der Waals surface area contributed by atoms with E-state index in [4.69, 9.17) is 0 Å². The summed E-state index contributed by atoms with van der Waals surface area (Å²) in [7, 11) is 0. The van der Waals surface area contributed by atoms with Crippen LogP contribution >= 0.6 is 11.3 Å². The fraction of sp³-hybridized carbons (Fsp3) is 0.167. The van der Waals surface area contributed by atoms with E-state index in [1.165, 1.54) is 110 Å². The molecule has 2 nitrogen and oxygen atoms in total. The summed E-state index contributed by atoms with van der Waals surface area (Å²) in [6.07, 6.45) is 2.38. The van der Waals surface area contributed by atoms with Crippen molar-refractivity contribution in [3.05, 3.63) is 145 Å². The highest BCUT2D eigenvalue weighted by molar-refractivity contribution is 7.25. The number of nitrogens with zero attached hydrogens (tertiary/aromatic N) is 2. The summed E-state index contributed by atoms with van der Waals surface area (Å²) in [6.45, 7) is 9.77. The monoisotopic (exact) mass is 674 g/mol. The van der Waals surface area contributed by atoms with Gasteiger partial charge in [0.1, 0.15) is 0 Å². The van der Waals surface area contributed by atoms with Gasteiger partial charge in [-0.15, -0.1) is 11.3 Å². The molecule has 51 heavy (non-hydrogen) atoms. The van der Waals surface area contributed by atoms with Crippen molar-refractivity contribution < 1.29 is 0 Å². The maximum Gasteiger partial charge on any atom is 0.0549 e. The van der Waals surface area contributed by atoms with Crippen LogP contribution in [0.1, 0.15) is 51.7 Å². The van der Waals surface area contributed by atoms with E-state index in [2.05, 4.69) is 170 Å². The van der Waals surface area contributed by atoms with Gasteiger partial charge in [0.15, 0.2) is 0 Å². The van der Waals surface area contributed by atoms with Crippen molar-refractivity contribution in [2.75, 3.05) is 0 Å². The summed E-state index contributed by atoms with van der Waals surface area (Å²) in [5.41, 5.74) is 10.7. The number of hydrogen-bond acceptors (Lipinski definition) is 1. The predicted octanol–water partition coefficient (Wildman–Crippen LogP) is 13.8. The third kappa shape index (κ3) is 3.98. The zero-order valence-corrected chi connectivity index (χ0v) is 30.2. The lowest BCUT2D eigenvalue weighted by Crippen LogP contribution is -2.33. The molecular weight excluding hydrogens is 637 g/mol. The summed E-state index contributed by atoms with van der Waals surface area (Å²) >= 11 is 1.89.